The van der Waals surface area contributed by atoms with E-state index in [2.05, 4.69) is 21.9 Å². The number of hydrogen-bond donors (Lipinski definition) is 0. The molecule has 0 radical (unpaired) electrons. The predicted octanol–water partition coefficient (Wildman–Crippen LogP) is 6.25. The molecule has 1 fully saturated rings. The second-order valence-electron chi connectivity index (χ2n) is 11.2. The zero-order valence-electron chi connectivity index (χ0n) is 25.7. The number of furan rings is 1. The molecule has 0 N–H and O–H groups in total. The molecule has 1 amide bonds. The molecule has 6 aromatic rings. The van der Waals surface area contributed by atoms with E-state index in [1.807, 2.05) is 73.5 Å². The van der Waals surface area contributed by atoms with Crippen LogP contribution < -0.4 is 9.47 Å². The summed E-state index contributed by atoms with van der Waals surface area (Å²) in [6.45, 7) is 10.7. The number of benzene rings is 2. The number of piperazine rings is 1. The Balaban J connectivity index is 1.10. The first-order chi connectivity index (χ1) is 21.9. The third-order valence-corrected chi connectivity index (χ3v) is 9.15. The van der Waals surface area contributed by atoms with Gasteiger partial charge in [-0.15, -0.1) is 0 Å². The predicted molar refractivity (Wildman–Crippen MR) is 174 cm³/mol. The van der Waals surface area contributed by atoms with E-state index in [1.165, 1.54) is 11.3 Å². The second kappa shape index (κ2) is 12.0. The molecule has 0 saturated carbocycles. The summed E-state index contributed by atoms with van der Waals surface area (Å²) < 4.78 is 20.0. The van der Waals surface area contributed by atoms with E-state index in [9.17, 15) is 4.79 Å². The summed E-state index contributed by atoms with van der Waals surface area (Å²) in [7, 11) is 1.64. The molecular formula is C34H34N6O4S. The zero-order chi connectivity index (χ0) is 31.1. The minimum atomic E-state index is 0.0317. The number of pyridine rings is 1. The van der Waals surface area contributed by atoms with Gasteiger partial charge in [-0.1, -0.05) is 30.4 Å². The van der Waals surface area contributed by atoms with Crippen LogP contribution in [0.5, 0.6) is 11.5 Å². The molecule has 0 aliphatic carbocycles. The number of carbonyl (C=O) groups is 1. The minimum Gasteiger partial charge on any atom is -0.497 e. The molecule has 0 spiro atoms. The van der Waals surface area contributed by atoms with Gasteiger partial charge in [-0.05, 0) is 56.3 Å². The van der Waals surface area contributed by atoms with Crippen LogP contribution in [-0.4, -0.2) is 75.1 Å². The lowest BCUT2D eigenvalue weighted by Gasteiger charge is -2.34. The van der Waals surface area contributed by atoms with E-state index < -0.39 is 0 Å². The van der Waals surface area contributed by atoms with E-state index in [-0.39, 0.29) is 5.91 Å². The van der Waals surface area contributed by atoms with Crippen LogP contribution in [0, 0.1) is 13.8 Å². The highest BCUT2D eigenvalue weighted by molar-refractivity contribution is 7.16. The maximum atomic E-state index is 13.0. The summed E-state index contributed by atoms with van der Waals surface area (Å²) in [5.74, 6) is 2.12. The van der Waals surface area contributed by atoms with Gasteiger partial charge in [0.2, 0.25) is 4.96 Å². The second-order valence-corrected chi connectivity index (χ2v) is 12.4. The van der Waals surface area contributed by atoms with Gasteiger partial charge in [0.15, 0.2) is 5.76 Å². The van der Waals surface area contributed by atoms with Crippen LogP contribution in [0.1, 0.15) is 33.4 Å². The van der Waals surface area contributed by atoms with Crippen LogP contribution in [0.4, 0.5) is 0 Å². The van der Waals surface area contributed by atoms with Crippen LogP contribution >= 0.6 is 11.3 Å². The molecule has 230 valence electrons. The van der Waals surface area contributed by atoms with Gasteiger partial charge in [0.25, 0.3) is 5.91 Å². The smallest absolute Gasteiger partial charge is 0.255 e. The molecule has 0 bridgehead atoms. The molecule has 1 aliphatic rings. The Bertz CT molecular complexity index is 1970. The molecule has 4 aromatic heterocycles. The molecule has 45 heavy (non-hydrogen) atoms. The average molecular weight is 623 g/mol. The monoisotopic (exact) mass is 622 g/mol. The Labute approximate surface area is 264 Å². The standard InChI is InChI=1S/C34H34N6O4S/c1-5-38-10-12-39(13-11-38)33(41)24-8-9-28(35-18-24)23-7-6-21(2)30(15-23)43-20-25-14-26(42-4)16-31-27(25)17-32(44-31)29-19-40-34(36-29)45-22(3)37-40/h6-9,14-19H,5,10-13,20H2,1-4H3. The summed E-state index contributed by atoms with van der Waals surface area (Å²) >= 11 is 1.53. The number of methoxy groups -OCH3 is 1. The first kappa shape index (κ1) is 29.0. The molecule has 0 atom stereocenters. The van der Waals surface area contributed by atoms with Crippen molar-refractivity contribution in [2.24, 2.45) is 0 Å². The first-order valence-electron chi connectivity index (χ1n) is 15.0. The molecule has 10 nitrogen and oxygen atoms in total. The summed E-state index contributed by atoms with van der Waals surface area (Å²) in [6.07, 6.45) is 3.55. The van der Waals surface area contributed by atoms with E-state index in [1.54, 1.807) is 17.8 Å². The SMILES string of the molecule is CCN1CCN(C(=O)c2ccc(-c3ccc(C)c(OCc4cc(OC)cc5oc(-c6cn7nc(C)sc7n6)cc45)c3)nc2)CC1. The number of rotatable bonds is 8. The van der Waals surface area contributed by atoms with E-state index >= 15 is 0 Å². The van der Waals surface area contributed by atoms with Crippen LogP contribution in [0.15, 0.2) is 65.3 Å². The van der Waals surface area contributed by atoms with Gasteiger partial charge < -0.3 is 23.7 Å². The van der Waals surface area contributed by atoms with Crippen LogP contribution in [-0.2, 0) is 6.61 Å². The van der Waals surface area contributed by atoms with E-state index in [0.29, 0.717) is 29.3 Å². The molecule has 5 heterocycles. The quantitative estimate of drug-likeness (QED) is 0.197. The highest BCUT2D eigenvalue weighted by Gasteiger charge is 2.22. The first-order valence-corrected chi connectivity index (χ1v) is 15.9. The normalized spacial score (nSPS) is 14.0. The fourth-order valence-electron chi connectivity index (χ4n) is 5.68. The number of nitrogens with zero attached hydrogens (tertiary/aromatic N) is 6. The number of aryl methyl sites for hydroxylation is 2. The lowest BCUT2D eigenvalue weighted by molar-refractivity contribution is 0.0643. The molecule has 1 saturated heterocycles. The van der Waals surface area contributed by atoms with Crippen molar-refractivity contribution >= 4 is 33.2 Å². The third kappa shape index (κ3) is 5.76. The van der Waals surface area contributed by atoms with Crippen LogP contribution in [0.2, 0.25) is 0 Å². The summed E-state index contributed by atoms with van der Waals surface area (Å²) in [5.41, 5.74) is 5.65. The topological polar surface area (TPSA) is 98.2 Å². The highest BCUT2D eigenvalue weighted by Crippen LogP contribution is 2.34. The van der Waals surface area contributed by atoms with Crippen molar-refractivity contribution in [2.75, 3.05) is 39.8 Å². The number of hydrogen-bond acceptors (Lipinski definition) is 9. The molecular weight excluding hydrogens is 588 g/mol. The molecule has 2 aromatic carbocycles. The lowest BCUT2D eigenvalue weighted by Crippen LogP contribution is -2.48. The van der Waals surface area contributed by atoms with Gasteiger partial charge in [0, 0.05) is 55.0 Å². The van der Waals surface area contributed by atoms with Crippen molar-refractivity contribution in [3.8, 4) is 34.2 Å². The summed E-state index contributed by atoms with van der Waals surface area (Å²) in [4.78, 5) is 27.5. The van der Waals surface area contributed by atoms with Gasteiger partial charge >= 0.3 is 0 Å². The van der Waals surface area contributed by atoms with Crippen molar-refractivity contribution in [3.63, 3.8) is 0 Å². The maximum Gasteiger partial charge on any atom is 0.255 e. The Morgan fingerprint density at radius 1 is 1.02 bits per heavy atom. The van der Waals surface area contributed by atoms with Crippen molar-refractivity contribution in [3.05, 3.63) is 82.6 Å². The van der Waals surface area contributed by atoms with Crippen molar-refractivity contribution in [1.29, 1.82) is 0 Å². The van der Waals surface area contributed by atoms with Gasteiger partial charge in [0.05, 0.1) is 24.6 Å². The van der Waals surface area contributed by atoms with Crippen molar-refractivity contribution in [2.45, 2.75) is 27.4 Å². The van der Waals surface area contributed by atoms with Gasteiger partial charge in [-0.3, -0.25) is 9.78 Å². The minimum absolute atomic E-state index is 0.0317. The number of fused-ring (bicyclic) bond motifs is 2. The molecule has 7 rings (SSSR count). The molecule has 11 heteroatoms. The Hall–Kier alpha value is -4.74. The van der Waals surface area contributed by atoms with Crippen LogP contribution in [0.3, 0.4) is 0 Å². The van der Waals surface area contributed by atoms with Gasteiger partial charge in [0.1, 0.15) is 34.4 Å². The third-order valence-electron chi connectivity index (χ3n) is 8.31. The Morgan fingerprint density at radius 3 is 2.60 bits per heavy atom. The highest BCUT2D eigenvalue weighted by atomic mass is 32.1. The van der Waals surface area contributed by atoms with Crippen molar-refractivity contribution < 1.29 is 18.7 Å². The van der Waals surface area contributed by atoms with E-state index in [4.69, 9.17) is 18.9 Å². The van der Waals surface area contributed by atoms with Gasteiger partial charge in [-0.2, -0.15) is 5.10 Å². The number of carbonyl (C=O) groups excluding carboxylic acids is 1. The lowest BCUT2D eigenvalue weighted by atomic mass is 10.1. The fourth-order valence-corrected chi connectivity index (χ4v) is 6.40. The Morgan fingerprint density at radius 2 is 1.87 bits per heavy atom. The van der Waals surface area contributed by atoms with Crippen molar-refractivity contribution in [1.82, 2.24) is 29.4 Å². The largest absolute Gasteiger partial charge is 0.497 e. The average Bonchev–Trinajstić information content (AvgIpc) is 3.77. The number of imidazole rings is 1. The number of aromatic nitrogens is 4. The number of amides is 1. The Kier molecular flexibility index (Phi) is 7.72. The summed E-state index contributed by atoms with van der Waals surface area (Å²) in [6, 6.07) is 15.6. The fraction of sp³-hybridized carbons (Fsp3) is 0.294. The molecule has 1 aliphatic heterocycles. The van der Waals surface area contributed by atoms with E-state index in [0.717, 1.165) is 81.9 Å². The number of ether oxygens (including phenoxy) is 2. The van der Waals surface area contributed by atoms with Gasteiger partial charge in [-0.25, -0.2) is 9.50 Å². The molecule has 0 unspecified atom stereocenters. The maximum absolute atomic E-state index is 13.0. The summed E-state index contributed by atoms with van der Waals surface area (Å²) in [5, 5.41) is 6.35. The van der Waals surface area contributed by atoms with Crippen LogP contribution in [0.25, 0.3) is 38.6 Å². The number of likely N-dealkylation sites (N-methyl/N-ethyl adjacent to an activating group) is 1. The zero-order valence-corrected chi connectivity index (χ0v) is 26.6.